The fourth-order valence-electron chi connectivity index (χ4n) is 1.44. The van der Waals surface area contributed by atoms with Crippen LogP contribution in [0.15, 0.2) is 29.6 Å². The van der Waals surface area contributed by atoms with Crippen LogP contribution in [0.5, 0.6) is 0 Å². The van der Waals surface area contributed by atoms with Gasteiger partial charge in [-0.2, -0.15) is 10.5 Å². The van der Waals surface area contributed by atoms with E-state index in [0.717, 1.165) is 10.6 Å². The summed E-state index contributed by atoms with van der Waals surface area (Å²) in [5.74, 6) is 0. The highest BCUT2D eigenvalue weighted by molar-refractivity contribution is 7.10. The van der Waals surface area contributed by atoms with E-state index in [1.165, 1.54) is 11.3 Å². The standard InChI is InChI=1S/C13H8ClN3S/c14-12-2-1-9(5-15)4-13(12)17-7-11-3-10(6-16)8-18-11/h1-4,8,17H,7H2. The fourth-order valence-corrected chi connectivity index (χ4v) is 2.38. The quantitative estimate of drug-likeness (QED) is 0.926. The lowest BCUT2D eigenvalue weighted by molar-refractivity contribution is 1.19. The topological polar surface area (TPSA) is 59.6 Å². The molecule has 0 amide bonds. The smallest absolute Gasteiger partial charge is 0.100 e. The van der Waals surface area contributed by atoms with Crippen molar-refractivity contribution in [3.8, 4) is 12.1 Å². The van der Waals surface area contributed by atoms with Gasteiger partial charge in [0.1, 0.15) is 6.07 Å². The highest BCUT2D eigenvalue weighted by Crippen LogP contribution is 2.24. The molecule has 0 fully saturated rings. The third kappa shape index (κ3) is 2.81. The molecule has 0 aliphatic carbocycles. The highest BCUT2D eigenvalue weighted by atomic mass is 35.5. The van der Waals surface area contributed by atoms with Crippen molar-refractivity contribution in [1.82, 2.24) is 0 Å². The van der Waals surface area contributed by atoms with Gasteiger partial charge in [-0.1, -0.05) is 11.6 Å². The molecule has 1 N–H and O–H groups in total. The van der Waals surface area contributed by atoms with Crippen molar-refractivity contribution in [2.45, 2.75) is 6.54 Å². The number of hydrogen-bond donors (Lipinski definition) is 1. The molecule has 1 aromatic heterocycles. The van der Waals surface area contributed by atoms with Crippen molar-refractivity contribution < 1.29 is 0 Å². The highest BCUT2D eigenvalue weighted by Gasteiger charge is 2.03. The Balaban J connectivity index is 2.11. The molecule has 2 aromatic rings. The molecule has 3 nitrogen and oxygen atoms in total. The lowest BCUT2D eigenvalue weighted by Gasteiger charge is -2.07. The lowest BCUT2D eigenvalue weighted by atomic mass is 10.2. The Morgan fingerprint density at radius 2 is 1.94 bits per heavy atom. The lowest BCUT2D eigenvalue weighted by Crippen LogP contribution is -1.98. The number of nitrogens with one attached hydrogen (secondary N) is 1. The molecule has 0 saturated heterocycles. The Hall–Kier alpha value is -2.01. The van der Waals surface area contributed by atoms with Crippen LogP contribution in [0.3, 0.4) is 0 Å². The minimum atomic E-state index is 0.561. The second-order valence-corrected chi connectivity index (χ2v) is 4.98. The van der Waals surface area contributed by atoms with Gasteiger partial charge in [0, 0.05) is 16.8 Å². The van der Waals surface area contributed by atoms with Crippen LogP contribution in [0.25, 0.3) is 0 Å². The molecule has 0 saturated carbocycles. The summed E-state index contributed by atoms with van der Waals surface area (Å²) >= 11 is 7.55. The summed E-state index contributed by atoms with van der Waals surface area (Å²) in [7, 11) is 0. The number of nitriles is 2. The summed E-state index contributed by atoms with van der Waals surface area (Å²) in [4.78, 5) is 1.05. The van der Waals surface area contributed by atoms with Gasteiger partial charge in [-0.25, -0.2) is 0 Å². The average molecular weight is 274 g/mol. The second kappa shape index (κ2) is 5.55. The van der Waals surface area contributed by atoms with Crippen LogP contribution in [-0.2, 0) is 6.54 Å². The van der Waals surface area contributed by atoms with Crippen LogP contribution in [0.1, 0.15) is 16.0 Å². The zero-order valence-electron chi connectivity index (χ0n) is 9.27. The van der Waals surface area contributed by atoms with Gasteiger partial charge in [-0.05, 0) is 24.3 Å². The van der Waals surface area contributed by atoms with Gasteiger partial charge in [0.2, 0.25) is 0 Å². The zero-order valence-corrected chi connectivity index (χ0v) is 10.8. The first-order valence-corrected chi connectivity index (χ1v) is 6.39. The van der Waals surface area contributed by atoms with Crippen molar-refractivity contribution >= 4 is 28.6 Å². The molecule has 88 valence electrons. The molecular formula is C13H8ClN3S. The molecule has 0 unspecified atom stereocenters. The van der Waals surface area contributed by atoms with Crippen molar-refractivity contribution in [2.24, 2.45) is 0 Å². The summed E-state index contributed by atoms with van der Waals surface area (Å²) in [5.41, 5.74) is 1.95. The predicted molar refractivity (Wildman–Crippen MR) is 72.5 cm³/mol. The molecule has 5 heteroatoms. The fraction of sp³-hybridized carbons (Fsp3) is 0.0769. The van der Waals surface area contributed by atoms with Crippen molar-refractivity contribution in [3.05, 3.63) is 50.7 Å². The van der Waals surface area contributed by atoms with E-state index in [1.54, 1.807) is 18.2 Å². The van der Waals surface area contributed by atoms with Gasteiger partial charge in [0.25, 0.3) is 0 Å². The van der Waals surface area contributed by atoms with Crippen LogP contribution in [-0.4, -0.2) is 0 Å². The van der Waals surface area contributed by atoms with Gasteiger partial charge in [-0.15, -0.1) is 11.3 Å². The normalized spacial score (nSPS) is 9.50. The third-order valence-corrected chi connectivity index (χ3v) is 3.60. The summed E-state index contributed by atoms with van der Waals surface area (Å²) < 4.78 is 0. The van der Waals surface area contributed by atoms with Gasteiger partial charge in [0.05, 0.1) is 27.9 Å². The maximum Gasteiger partial charge on any atom is 0.100 e. The van der Waals surface area contributed by atoms with Gasteiger partial charge in [0.15, 0.2) is 0 Å². The van der Waals surface area contributed by atoms with E-state index in [4.69, 9.17) is 22.1 Å². The summed E-state index contributed by atoms with van der Waals surface area (Å²) in [6, 6.07) is 11.1. The Kier molecular flexibility index (Phi) is 3.84. The predicted octanol–water partition coefficient (Wildman–Crippen LogP) is 3.76. The van der Waals surface area contributed by atoms with Crippen molar-refractivity contribution in [3.63, 3.8) is 0 Å². The van der Waals surface area contributed by atoms with E-state index in [1.807, 2.05) is 11.4 Å². The molecule has 2 rings (SSSR count). The second-order valence-electron chi connectivity index (χ2n) is 3.57. The first kappa shape index (κ1) is 12.4. The molecule has 0 spiro atoms. The summed E-state index contributed by atoms with van der Waals surface area (Å²) in [5, 5.41) is 23.1. The molecule has 0 aliphatic rings. The van der Waals surface area contributed by atoms with Crippen molar-refractivity contribution in [2.75, 3.05) is 5.32 Å². The van der Waals surface area contributed by atoms with E-state index in [9.17, 15) is 0 Å². The SMILES string of the molecule is N#Cc1csc(CNc2cc(C#N)ccc2Cl)c1. The third-order valence-electron chi connectivity index (χ3n) is 2.33. The number of hydrogen-bond acceptors (Lipinski definition) is 4. The Labute approximate surface area is 114 Å². The first-order valence-electron chi connectivity index (χ1n) is 5.14. The number of anilines is 1. The number of halogens is 1. The van der Waals surface area contributed by atoms with E-state index in [0.29, 0.717) is 22.7 Å². The van der Waals surface area contributed by atoms with E-state index in [2.05, 4.69) is 17.5 Å². The monoisotopic (exact) mass is 273 g/mol. The largest absolute Gasteiger partial charge is 0.379 e. The molecule has 1 heterocycles. The maximum absolute atomic E-state index is 8.82. The Bertz CT molecular complexity index is 649. The van der Waals surface area contributed by atoms with E-state index in [-0.39, 0.29) is 0 Å². The number of thiophene rings is 1. The van der Waals surface area contributed by atoms with Gasteiger partial charge in [-0.3, -0.25) is 0 Å². The molecule has 0 aliphatic heterocycles. The molecular weight excluding hydrogens is 266 g/mol. The average Bonchev–Trinajstić information content (AvgIpc) is 2.86. The minimum absolute atomic E-state index is 0.561. The van der Waals surface area contributed by atoms with Crippen LogP contribution in [0.2, 0.25) is 5.02 Å². The molecule has 0 bridgehead atoms. The minimum Gasteiger partial charge on any atom is -0.379 e. The Morgan fingerprint density at radius 1 is 1.17 bits per heavy atom. The van der Waals surface area contributed by atoms with Crippen LogP contribution in [0, 0.1) is 22.7 Å². The van der Waals surface area contributed by atoms with E-state index < -0.39 is 0 Å². The number of rotatable bonds is 3. The number of benzene rings is 1. The van der Waals surface area contributed by atoms with Crippen LogP contribution < -0.4 is 5.32 Å². The molecule has 0 atom stereocenters. The summed E-state index contributed by atoms with van der Waals surface area (Å²) in [6.07, 6.45) is 0. The summed E-state index contributed by atoms with van der Waals surface area (Å²) in [6.45, 7) is 0.584. The van der Waals surface area contributed by atoms with E-state index >= 15 is 0 Å². The van der Waals surface area contributed by atoms with Crippen LogP contribution >= 0.6 is 22.9 Å². The maximum atomic E-state index is 8.82. The van der Waals surface area contributed by atoms with Crippen molar-refractivity contribution in [1.29, 1.82) is 10.5 Å². The Morgan fingerprint density at radius 3 is 2.61 bits per heavy atom. The van der Waals surface area contributed by atoms with Gasteiger partial charge >= 0.3 is 0 Å². The first-order chi connectivity index (χ1) is 8.72. The van der Waals surface area contributed by atoms with Crippen LogP contribution in [0.4, 0.5) is 5.69 Å². The van der Waals surface area contributed by atoms with Gasteiger partial charge < -0.3 is 5.32 Å². The molecule has 18 heavy (non-hydrogen) atoms. The molecule has 0 radical (unpaired) electrons. The zero-order chi connectivity index (χ0) is 13.0. The number of nitrogens with zero attached hydrogens (tertiary/aromatic N) is 2. The molecule has 1 aromatic carbocycles.